The molecular weight excluding hydrogens is 172 g/mol. The molecule has 1 N–H and O–H groups in total. The maximum absolute atomic E-state index is 4.00. The minimum atomic E-state index is 0.535. The molecule has 0 saturated heterocycles. The van der Waals surface area contributed by atoms with E-state index in [-0.39, 0.29) is 0 Å². The number of rotatable bonds is 5. The molecule has 14 heavy (non-hydrogen) atoms. The second-order valence-corrected chi connectivity index (χ2v) is 3.75. The molecule has 2 heteroatoms. The van der Waals surface area contributed by atoms with Gasteiger partial charge in [0.25, 0.3) is 0 Å². The van der Waals surface area contributed by atoms with E-state index in [2.05, 4.69) is 31.1 Å². The highest BCUT2D eigenvalue weighted by atomic mass is 14.9. The van der Waals surface area contributed by atoms with Crippen molar-refractivity contribution in [1.29, 1.82) is 0 Å². The lowest BCUT2D eigenvalue weighted by Gasteiger charge is -2.23. The molecule has 1 rings (SSSR count). The monoisotopic (exact) mass is 192 g/mol. The van der Waals surface area contributed by atoms with Gasteiger partial charge >= 0.3 is 0 Å². The van der Waals surface area contributed by atoms with Crippen LogP contribution in [0.2, 0.25) is 0 Å². The van der Waals surface area contributed by atoms with Crippen molar-refractivity contribution in [2.45, 2.75) is 39.7 Å². The first-order chi connectivity index (χ1) is 6.77. The van der Waals surface area contributed by atoms with E-state index in [0.29, 0.717) is 6.04 Å². The summed E-state index contributed by atoms with van der Waals surface area (Å²) >= 11 is 0. The predicted octanol–water partition coefficient (Wildman–Crippen LogP) is 3.32. The van der Waals surface area contributed by atoms with Gasteiger partial charge in [0.1, 0.15) is 0 Å². The average Bonchev–Trinajstić information content (AvgIpc) is 2.21. The molecule has 0 radical (unpaired) electrons. The third kappa shape index (κ3) is 3.02. The number of nitrogens with one attached hydrogen (secondary N) is 1. The van der Waals surface area contributed by atoms with Crippen molar-refractivity contribution in [3.63, 3.8) is 0 Å². The molecule has 1 heterocycles. The molecule has 0 spiro atoms. The number of aromatic nitrogens is 1. The number of nitrogens with zero attached hydrogens (tertiary/aromatic N) is 1. The van der Waals surface area contributed by atoms with E-state index in [1.165, 1.54) is 18.5 Å². The summed E-state index contributed by atoms with van der Waals surface area (Å²) < 4.78 is 0. The van der Waals surface area contributed by atoms with E-state index in [4.69, 9.17) is 0 Å². The zero-order chi connectivity index (χ0) is 10.4. The molecule has 2 nitrogen and oxygen atoms in total. The third-order valence-electron chi connectivity index (χ3n) is 2.83. The molecule has 0 bridgehead atoms. The zero-order valence-electron chi connectivity index (χ0n) is 9.33. The first-order valence-electron chi connectivity index (χ1n) is 5.44. The number of hydrogen-bond acceptors (Lipinski definition) is 2. The van der Waals surface area contributed by atoms with Crippen LogP contribution in [0.4, 0.5) is 5.69 Å². The fourth-order valence-corrected chi connectivity index (χ4v) is 1.82. The van der Waals surface area contributed by atoms with Crippen LogP contribution in [0.25, 0.3) is 0 Å². The smallest absolute Gasteiger partial charge is 0.0373 e. The van der Waals surface area contributed by atoms with Gasteiger partial charge in [-0.25, -0.2) is 0 Å². The highest BCUT2D eigenvalue weighted by Gasteiger charge is 2.12. The minimum absolute atomic E-state index is 0.535. The van der Waals surface area contributed by atoms with Crippen molar-refractivity contribution in [2.24, 2.45) is 5.92 Å². The Hall–Kier alpha value is -1.05. The first-order valence-corrected chi connectivity index (χ1v) is 5.44. The topological polar surface area (TPSA) is 24.9 Å². The number of hydrogen-bond donors (Lipinski definition) is 1. The second-order valence-electron chi connectivity index (χ2n) is 3.75. The van der Waals surface area contributed by atoms with Gasteiger partial charge in [-0.2, -0.15) is 0 Å². The molecule has 0 saturated carbocycles. The van der Waals surface area contributed by atoms with Crippen LogP contribution in [0, 0.1) is 5.92 Å². The van der Waals surface area contributed by atoms with Crippen molar-refractivity contribution in [2.75, 3.05) is 5.32 Å². The summed E-state index contributed by atoms with van der Waals surface area (Å²) in [6.45, 7) is 6.75. The number of anilines is 1. The van der Waals surface area contributed by atoms with Gasteiger partial charge in [0.2, 0.25) is 0 Å². The lowest BCUT2D eigenvalue weighted by atomic mass is 9.95. The van der Waals surface area contributed by atoms with Crippen LogP contribution >= 0.6 is 0 Å². The summed E-state index contributed by atoms with van der Waals surface area (Å²) in [4.78, 5) is 4.00. The van der Waals surface area contributed by atoms with Gasteiger partial charge in [-0.3, -0.25) is 4.98 Å². The molecule has 0 aliphatic carbocycles. The van der Waals surface area contributed by atoms with Crippen molar-refractivity contribution in [3.8, 4) is 0 Å². The van der Waals surface area contributed by atoms with Crippen molar-refractivity contribution >= 4 is 5.69 Å². The Morgan fingerprint density at radius 1 is 1.21 bits per heavy atom. The molecular formula is C12H20N2. The van der Waals surface area contributed by atoms with Crippen LogP contribution in [0.1, 0.15) is 33.6 Å². The Labute approximate surface area is 86.8 Å². The summed E-state index contributed by atoms with van der Waals surface area (Å²) in [5, 5.41) is 3.50. The molecule has 0 aliphatic heterocycles. The van der Waals surface area contributed by atoms with Gasteiger partial charge in [0, 0.05) is 24.1 Å². The summed E-state index contributed by atoms with van der Waals surface area (Å²) in [5.41, 5.74) is 1.17. The number of pyridine rings is 1. The van der Waals surface area contributed by atoms with Gasteiger partial charge in [0.15, 0.2) is 0 Å². The summed E-state index contributed by atoms with van der Waals surface area (Å²) in [6, 6.07) is 4.56. The first kappa shape index (κ1) is 11.0. The van der Waals surface area contributed by atoms with Crippen molar-refractivity contribution in [1.82, 2.24) is 4.98 Å². The molecule has 1 unspecified atom stereocenters. The van der Waals surface area contributed by atoms with Crippen molar-refractivity contribution < 1.29 is 0 Å². The normalized spacial score (nSPS) is 12.9. The van der Waals surface area contributed by atoms with Gasteiger partial charge in [0.05, 0.1) is 0 Å². The van der Waals surface area contributed by atoms with E-state index in [1.807, 2.05) is 24.5 Å². The second kappa shape index (κ2) is 5.63. The summed E-state index contributed by atoms with van der Waals surface area (Å²) in [6.07, 6.45) is 6.11. The third-order valence-corrected chi connectivity index (χ3v) is 2.83. The summed E-state index contributed by atoms with van der Waals surface area (Å²) in [7, 11) is 0. The summed E-state index contributed by atoms with van der Waals surface area (Å²) in [5.74, 6) is 0.753. The Morgan fingerprint density at radius 2 is 1.79 bits per heavy atom. The fraction of sp³-hybridized carbons (Fsp3) is 0.583. The van der Waals surface area contributed by atoms with Crippen LogP contribution in [-0.4, -0.2) is 11.0 Å². The van der Waals surface area contributed by atoms with E-state index in [0.717, 1.165) is 5.92 Å². The molecule has 1 atom stereocenters. The lowest BCUT2D eigenvalue weighted by Crippen LogP contribution is -2.24. The molecule has 0 aromatic carbocycles. The fourth-order valence-electron chi connectivity index (χ4n) is 1.82. The van der Waals surface area contributed by atoms with Crippen LogP contribution in [0.15, 0.2) is 24.5 Å². The standard InChI is InChI=1S/C12H20N2/c1-4-11(5-2)10(3)14-12-6-8-13-9-7-12/h6-11H,4-5H2,1-3H3,(H,13,14). The molecule has 0 amide bonds. The molecule has 0 fully saturated rings. The minimum Gasteiger partial charge on any atom is -0.382 e. The molecule has 0 aliphatic rings. The molecule has 1 aromatic rings. The van der Waals surface area contributed by atoms with E-state index in [9.17, 15) is 0 Å². The van der Waals surface area contributed by atoms with Crippen LogP contribution in [0.5, 0.6) is 0 Å². The van der Waals surface area contributed by atoms with E-state index >= 15 is 0 Å². The largest absolute Gasteiger partial charge is 0.382 e. The van der Waals surface area contributed by atoms with E-state index in [1.54, 1.807) is 0 Å². The SMILES string of the molecule is CCC(CC)C(C)Nc1ccncc1. The van der Waals surface area contributed by atoms with Crippen LogP contribution in [0.3, 0.4) is 0 Å². The lowest BCUT2D eigenvalue weighted by molar-refractivity contribution is 0.438. The van der Waals surface area contributed by atoms with Crippen molar-refractivity contribution in [3.05, 3.63) is 24.5 Å². The Morgan fingerprint density at radius 3 is 2.29 bits per heavy atom. The van der Waals surface area contributed by atoms with E-state index < -0.39 is 0 Å². The van der Waals surface area contributed by atoms with Gasteiger partial charge in [-0.05, 0) is 25.0 Å². The van der Waals surface area contributed by atoms with Crippen LogP contribution < -0.4 is 5.32 Å². The highest BCUT2D eigenvalue weighted by molar-refractivity contribution is 5.41. The molecule has 78 valence electrons. The Bertz CT molecular complexity index is 242. The molecule has 1 aromatic heterocycles. The maximum Gasteiger partial charge on any atom is 0.0373 e. The highest BCUT2D eigenvalue weighted by Crippen LogP contribution is 2.17. The van der Waals surface area contributed by atoms with Gasteiger partial charge < -0.3 is 5.32 Å². The van der Waals surface area contributed by atoms with Gasteiger partial charge in [-0.15, -0.1) is 0 Å². The van der Waals surface area contributed by atoms with Crippen LogP contribution in [-0.2, 0) is 0 Å². The van der Waals surface area contributed by atoms with Gasteiger partial charge in [-0.1, -0.05) is 26.7 Å². The quantitative estimate of drug-likeness (QED) is 0.774. The zero-order valence-corrected chi connectivity index (χ0v) is 9.33. The Kier molecular flexibility index (Phi) is 4.44. The predicted molar refractivity (Wildman–Crippen MR) is 61.4 cm³/mol. The maximum atomic E-state index is 4.00. The average molecular weight is 192 g/mol. The Balaban J connectivity index is 2.52.